The standard InChI is InChI=1S/C26H22FN3O2S2/c27-22-11-13-24(14-12-22)34(31,32)29(17-20-7-3-1-4-8-20)16-15-23-19-33-26-28-25(18-30(23)26)21-9-5-2-6-10-21/h1-14,18-19H,15-17H2. The van der Waals surface area contributed by atoms with Crippen molar-refractivity contribution >= 4 is 26.3 Å². The first-order valence-electron chi connectivity index (χ1n) is 10.8. The maximum absolute atomic E-state index is 13.4. The van der Waals surface area contributed by atoms with Gasteiger partial charge in [-0.1, -0.05) is 60.7 Å². The molecule has 0 N–H and O–H groups in total. The highest BCUT2D eigenvalue weighted by Crippen LogP contribution is 2.25. The van der Waals surface area contributed by atoms with Crippen molar-refractivity contribution in [3.8, 4) is 11.3 Å². The molecule has 5 rings (SSSR count). The van der Waals surface area contributed by atoms with E-state index in [1.165, 1.54) is 39.9 Å². The van der Waals surface area contributed by atoms with Gasteiger partial charge in [-0.15, -0.1) is 11.3 Å². The van der Waals surface area contributed by atoms with Crippen LogP contribution in [0, 0.1) is 5.82 Å². The summed E-state index contributed by atoms with van der Waals surface area (Å²) in [6.45, 7) is 0.506. The van der Waals surface area contributed by atoms with E-state index in [9.17, 15) is 12.8 Å². The van der Waals surface area contributed by atoms with Gasteiger partial charge >= 0.3 is 0 Å². The summed E-state index contributed by atoms with van der Waals surface area (Å²) in [5, 5.41) is 2.02. The van der Waals surface area contributed by atoms with Gasteiger partial charge in [-0.25, -0.2) is 17.8 Å². The van der Waals surface area contributed by atoms with Crippen LogP contribution in [-0.4, -0.2) is 28.7 Å². The van der Waals surface area contributed by atoms with E-state index in [0.717, 1.165) is 27.5 Å². The lowest BCUT2D eigenvalue weighted by atomic mass is 10.2. The molecule has 0 aliphatic rings. The van der Waals surface area contributed by atoms with E-state index in [1.807, 2.05) is 76.6 Å². The zero-order valence-corrected chi connectivity index (χ0v) is 19.8. The van der Waals surface area contributed by atoms with Gasteiger partial charge < -0.3 is 0 Å². The highest BCUT2D eigenvalue weighted by Gasteiger charge is 2.25. The van der Waals surface area contributed by atoms with Crippen molar-refractivity contribution in [3.05, 3.63) is 114 Å². The third-order valence-electron chi connectivity index (χ3n) is 5.62. The van der Waals surface area contributed by atoms with Crippen LogP contribution in [0.15, 0.2) is 101 Å². The van der Waals surface area contributed by atoms with E-state index in [2.05, 4.69) is 0 Å². The molecule has 0 aliphatic heterocycles. The minimum atomic E-state index is -3.82. The number of aromatic nitrogens is 2. The first-order chi connectivity index (χ1) is 16.5. The van der Waals surface area contributed by atoms with Crippen molar-refractivity contribution in [1.29, 1.82) is 0 Å². The smallest absolute Gasteiger partial charge is 0.243 e. The normalized spacial score (nSPS) is 11.9. The lowest BCUT2D eigenvalue weighted by Gasteiger charge is -2.22. The number of nitrogens with zero attached hydrogens (tertiary/aromatic N) is 3. The summed E-state index contributed by atoms with van der Waals surface area (Å²) in [6, 6.07) is 24.4. The number of fused-ring (bicyclic) bond motifs is 1. The monoisotopic (exact) mass is 491 g/mol. The van der Waals surface area contributed by atoms with Crippen LogP contribution in [0.5, 0.6) is 0 Å². The molecular weight excluding hydrogens is 469 g/mol. The SMILES string of the molecule is O=S(=O)(c1ccc(F)cc1)N(CCc1csc2nc(-c3ccccc3)cn12)Cc1ccccc1. The van der Waals surface area contributed by atoms with Crippen molar-refractivity contribution in [2.75, 3.05) is 6.54 Å². The first-order valence-corrected chi connectivity index (χ1v) is 13.1. The number of imidazole rings is 1. The van der Waals surface area contributed by atoms with Crippen molar-refractivity contribution in [1.82, 2.24) is 13.7 Å². The van der Waals surface area contributed by atoms with Crippen LogP contribution in [0.1, 0.15) is 11.3 Å². The number of hydrogen-bond donors (Lipinski definition) is 0. The lowest BCUT2D eigenvalue weighted by Crippen LogP contribution is -2.32. The van der Waals surface area contributed by atoms with Crippen molar-refractivity contribution < 1.29 is 12.8 Å². The number of sulfonamides is 1. The van der Waals surface area contributed by atoms with Gasteiger partial charge in [0.2, 0.25) is 10.0 Å². The van der Waals surface area contributed by atoms with Crippen LogP contribution >= 0.6 is 11.3 Å². The molecule has 0 unspecified atom stereocenters. The summed E-state index contributed by atoms with van der Waals surface area (Å²) in [6.07, 6.45) is 2.50. The fourth-order valence-electron chi connectivity index (χ4n) is 3.82. The Balaban J connectivity index is 1.43. The Morgan fingerprint density at radius 2 is 1.59 bits per heavy atom. The largest absolute Gasteiger partial charge is 0.294 e. The van der Waals surface area contributed by atoms with E-state index in [-0.39, 0.29) is 18.0 Å². The van der Waals surface area contributed by atoms with E-state index >= 15 is 0 Å². The summed E-state index contributed by atoms with van der Waals surface area (Å²) >= 11 is 1.53. The second kappa shape index (κ2) is 9.50. The van der Waals surface area contributed by atoms with Gasteiger partial charge in [-0.3, -0.25) is 4.40 Å². The Kier molecular flexibility index (Phi) is 6.28. The lowest BCUT2D eigenvalue weighted by molar-refractivity contribution is 0.408. The van der Waals surface area contributed by atoms with Gasteiger partial charge in [0.1, 0.15) is 5.82 Å². The molecule has 0 saturated carbocycles. The second-order valence-electron chi connectivity index (χ2n) is 7.90. The quantitative estimate of drug-likeness (QED) is 0.282. The average Bonchev–Trinajstić information content (AvgIpc) is 3.45. The Hall–Kier alpha value is -3.33. The second-order valence-corrected chi connectivity index (χ2v) is 10.7. The van der Waals surface area contributed by atoms with Gasteiger partial charge in [0.25, 0.3) is 0 Å². The molecule has 0 atom stereocenters. The molecule has 2 aromatic heterocycles. The molecule has 0 radical (unpaired) electrons. The molecule has 0 aliphatic carbocycles. The highest BCUT2D eigenvalue weighted by atomic mass is 32.2. The van der Waals surface area contributed by atoms with Gasteiger partial charge in [0.05, 0.1) is 10.6 Å². The zero-order chi connectivity index (χ0) is 23.5. The molecule has 172 valence electrons. The van der Waals surface area contributed by atoms with Crippen LogP contribution < -0.4 is 0 Å². The van der Waals surface area contributed by atoms with E-state index in [4.69, 9.17) is 4.98 Å². The zero-order valence-electron chi connectivity index (χ0n) is 18.2. The molecule has 34 heavy (non-hydrogen) atoms. The molecule has 3 aromatic carbocycles. The summed E-state index contributed by atoms with van der Waals surface area (Å²) in [4.78, 5) is 5.66. The first kappa shape index (κ1) is 22.5. The van der Waals surface area contributed by atoms with E-state index < -0.39 is 15.8 Å². The Bertz CT molecular complexity index is 1500. The topological polar surface area (TPSA) is 54.7 Å². The number of benzene rings is 3. The molecule has 0 spiro atoms. The molecule has 0 fully saturated rings. The maximum atomic E-state index is 13.4. The highest BCUT2D eigenvalue weighted by molar-refractivity contribution is 7.89. The Morgan fingerprint density at radius 3 is 2.29 bits per heavy atom. The minimum absolute atomic E-state index is 0.0780. The van der Waals surface area contributed by atoms with Gasteiger partial charge in [-0.2, -0.15) is 4.31 Å². The van der Waals surface area contributed by atoms with Gasteiger partial charge in [-0.05, 0) is 29.8 Å². The van der Waals surface area contributed by atoms with Gasteiger partial charge in [0, 0.05) is 42.3 Å². The molecular formula is C26H22FN3O2S2. The third-order valence-corrected chi connectivity index (χ3v) is 8.37. The molecule has 0 bridgehead atoms. The fourth-order valence-corrected chi connectivity index (χ4v) is 6.16. The predicted molar refractivity (Wildman–Crippen MR) is 133 cm³/mol. The maximum Gasteiger partial charge on any atom is 0.243 e. The Labute approximate surface area is 201 Å². The number of hydrogen-bond acceptors (Lipinski definition) is 4. The van der Waals surface area contributed by atoms with E-state index in [0.29, 0.717) is 6.42 Å². The molecule has 5 nitrogen and oxygen atoms in total. The van der Waals surface area contributed by atoms with Gasteiger partial charge in [0.15, 0.2) is 4.96 Å². The van der Waals surface area contributed by atoms with Crippen molar-refractivity contribution in [2.24, 2.45) is 0 Å². The summed E-state index contributed by atoms with van der Waals surface area (Å²) in [5.41, 5.74) is 3.79. The summed E-state index contributed by atoms with van der Waals surface area (Å²) in [7, 11) is -3.82. The Morgan fingerprint density at radius 1 is 0.912 bits per heavy atom. The van der Waals surface area contributed by atoms with Crippen molar-refractivity contribution in [3.63, 3.8) is 0 Å². The fraction of sp³-hybridized carbons (Fsp3) is 0.115. The predicted octanol–water partition coefficient (Wildman–Crippen LogP) is 5.64. The summed E-state index contributed by atoms with van der Waals surface area (Å²) < 4.78 is 43.8. The van der Waals surface area contributed by atoms with Crippen LogP contribution in [-0.2, 0) is 23.0 Å². The minimum Gasteiger partial charge on any atom is -0.294 e. The average molecular weight is 492 g/mol. The third kappa shape index (κ3) is 4.65. The van der Waals surface area contributed by atoms with Crippen molar-refractivity contribution in [2.45, 2.75) is 17.9 Å². The molecule has 5 aromatic rings. The molecule has 2 heterocycles. The number of halogens is 1. The number of thiazole rings is 1. The summed E-state index contributed by atoms with van der Waals surface area (Å²) in [5.74, 6) is -0.469. The molecule has 0 amide bonds. The van der Waals surface area contributed by atoms with E-state index in [1.54, 1.807) is 0 Å². The molecule has 8 heteroatoms. The van der Waals surface area contributed by atoms with Crippen LogP contribution in [0.3, 0.4) is 0 Å². The van der Waals surface area contributed by atoms with Crippen LogP contribution in [0.25, 0.3) is 16.2 Å². The van der Waals surface area contributed by atoms with Crippen LogP contribution in [0.4, 0.5) is 4.39 Å². The number of rotatable bonds is 8. The molecule has 0 saturated heterocycles. The van der Waals surface area contributed by atoms with Crippen LogP contribution in [0.2, 0.25) is 0 Å².